The fourth-order valence-electron chi connectivity index (χ4n) is 1.28. The van der Waals surface area contributed by atoms with Crippen molar-refractivity contribution in [3.8, 4) is 0 Å². The van der Waals surface area contributed by atoms with Crippen molar-refractivity contribution in [2.45, 2.75) is 6.54 Å². The average Bonchev–Trinajstić information content (AvgIpc) is 2.63. The summed E-state index contributed by atoms with van der Waals surface area (Å²) in [6.45, 7) is 0.724. The van der Waals surface area contributed by atoms with E-state index in [4.69, 9.17) is 5.73 Å². The lowest BCUT2D eigenvalue weighted by atomic mass is 10.3. The van der Waals surface area contributed by atoms with Crippen LogP contribution in [0.4, 0.5) is 11.5 Å². The molecule has 5 heteroatoms. The summed E-state index contributed by atoms with van der Waals surface area (Å²) in [6.07, 6.45) is 3.49. The van der Waals surface area contributed by atoms with Crippen LogP contribution in [0.5, 0.6) is 0 Å². The first kappa shape index (κ1) is 9.51. The van der Waals surface area contributed by atoms with Gasteiger partial charge in [0.05, 0.1) is 24.1 Å². The van der Waals surface area contributed by atoms with E-state index in [0.29, 0.717) is 5.82 Å². The van der Waals surface area contributed by atoms with E-state index >= 15 is 0 Å². The molecule has 0 atom stereocenters. The Hall–Kier alpha value is -2.04. The number of nitrogen functional groups attached to an aromatic ring is 1. The van der Waals surface area contributed by atoms with E-state index in [-0.39, 0.29) is 0 Å². The Kier molecular flexibility index (Phi) is 2.53. The van der Waals surface area contributed by atoms with Crippen molar-refractivity contribution in [1.82, 2.24) is 14.8 Å². The van der Waals surface area contributed by atoms with Gasteiger partial charge in [-0.05, 0) is 18.2 Å². The van der Waals surface area contributed by atoms with Crippen LogP contribution in [0.2, 0.25) is 0 Å². The Morgan fingerprint density at radius 2 is 2.27 bits per heavy atom. The largest absolute Gasteiger partial charge is 0.384 e. The molecule has 2 aromatic rings. The van der Waals surface area contributed by atoms with Gasteiger partial charge in [0.15, 0.2) is 0 Å². The van der Waals surface area contributed by atoms with Crippen LogP contribution in [0.3, 0.4) is 0 Å². The predicted octanol–water partition coefficient (Wildman–Crippen LogP) is 1.01. The molecule has 0 saturated carbocycles. The standard InChI is InChI=1S/C10H13N5/c1-15-9(4-5-14-15)7-12-8-2-3-10(11)13-6-8/h2-6,12H,7H2,1H3,(H2,11,13). The molecular formula is C10H13N5. The molecule has 0 radical (unpaired) electrons. The molecule has 5 nitrogen and oxygen atoms in total. The van der Waals surface area contributed by atoms with Gasteiger partial charge in [-0.1, -0.05) is 0 Å². The Balaban J connectivity index is 1.99. The van der Waals surface area contributed by atoms with E-state index in [2.05, 4.69) is 15.4 Å². The van der Waals surface area contributed by atoms with Gasteiger partial charge in [0.1, 0.15) is 5.82 Å². The summed E-state index contributed by atoms with van der Waals surface area (Å²) in [6, 6.07) is 5.64. The zero-order valence-corrected chi connectivity index (χ0v) is 8.51. The fourth-order valence-corrected chi connectivity index (χ4v) is 1.28. The highest BCUT2D eigenvalue weighted by atomic mass is 15.3. The van der Waals surface area contributed by atoms with Crippen LogP contribution in [-0.2, 0) is 13.6 Å². The van der Waals surface area contributed by atoms with Crippen LogP contribution >= 0.6 is 0 Å². The van der Waals surface area contributed by atoms with Crippen LogP contribution in [0.1, 0.15) is 5.69 Å². The summed E-state index contributed by atoms with van der Waals surface area (Å²) >= 11 is 0. The molecule has 0 aliphatic heterocycles. The first-order valence-electron chi connectivity index (χ1n) is 4.68. The second-order valence-electron chi connectivity index (χ2n) is 3.27. The zero-order chi connectivity index (χ0) is 10.7. The number of hydrogen-bond acceptors (Lipinski definition) is 4. The number of nitrogens with zero attached hydrogens (tertiary/aromatic N) is 3. The van der Waals surface area contributed by atoms with Crippen LogP contribution in [0, 0.1) is 0 Å². The quantitative estimate of drug-likeness (QED) is 0.781. The Bertz CT molecular complexity index is 431. The highest BCUT2D eigenvalue weighted by Crippen LogP contribution is 2.08. The van der Waals surface area contributed by atoms with E-state index in [9.17, 15) is 0 Å². The average molecular weight is 203 g/mol. The first-order valence-corrected chi connectivity index (χ1v) is 4.68. The van der Waals surface area contributed by atoms with Crippen molar-refractivity contribution in [3.63, 3.8) is 0 Å². The molecule has 0 aliphatic carbocycles. The first-order chi connectivity index (χ1) is 7.25. The molecule has 3 N–H and O–H groups in total. The van der Waals surface area contributed by atoms with Gasteiger partial charge < -0.3 is 11.1 Å². The van der Waals surface area contributed by atoms with Crippen LogP contribution < -0.4 is 11.1 Å². The lowest BCUT2D eigenvalue weighted by Gasteiger charge is -2.06. The molecule has 2 aromatic heterocycles. The molecule has 2 rings (SSSR count). The third-order valence-corrected chi connectivity index (χ3v) is 2.18. The fraction of sp³-hybridized carbons (Fsp3) is 0.200. The second-order valence-corrected chi connectivity index (χ2v) is 3.27. The number of pyridine rings is 1. The van der Waals surface area contributed by atoms with Gasteiger partial charge in [-0.25, -0.2) is 4.98 Å². The topological polar surface area (TPSA) is 68.8 Å². The molecule has 0 unspecified atom stereocenters. The summed E-state index contributed by atoms with van der Waals surface area (Å²) in [5.41, 5.74) is 7.56. The lowest BCUT2D eigenvalue weighted by molar-refractivity contribution is 0.720. The minimum atomic E-state index is 0.529. The SMILES string of the molecule is Cn1nccc1CNc1ccc(N)nc1. The minimum Gasteiger partial charge on any atom is -0.384 e. The summed E-state index contributed by atoms with van der Waals surface area (Å²) in [5.74, 6) is 0.529. The lowest BCUT2D eigenvalue weighted by Crippen LogP contribution is -2.05. The maximum Gasteiger partial charge on any atom is 0.123 e. The van der Waals surface area contributed by atoms with Gasteiger partial charge in [0, 0.05) is 13.2 Å². The molecule has 0 bridgehead atoms. The number of aromatic nitrogens is 3. The van der Waals surface area contributed by atoms with Gasteiger partial charge in [-0.3, -0.25) is 4.68 Å². The van der Waals surface area contributed by atoms with Crippen molar-refractivity contribution >= 4 is 11.5 Å². The van der Waals surface area contributed by atoms with E-state index in [1.165, 1.54) is 0 Å². The molecule has 15 heavy (non-hydrogen) atoms. The van der Waals surface area contributed by atoms with Gasteiger partial charge >= 0.3 is 0 Å². The van der Waals surface area contributed by atoms with E-state index < -0.39 is 0 Å². The molecule has 0 amide bonds. The van der Waals surface area contributed by atoms with Crippen molar-refractivity contribution < 1.29 is 0 Å². The van der Waals surface area contributed by atoms with Gasteiger partial charge in [-0.2, -0.15) is 5.10 Å². The minimum absolute atomic E-state index is 0.529. The van der Waals surface area contributed by atoms with Crippen LogP contribution in [0.25, 0.3) is 0 Å². The molecule has 0 fully saturated rings. The van der Waals surface area contributed by atoms with Crippen LogP contribution in [0.15, 0.2) is 30.6 Å². The van der Waals surface area contributed by atoms with E-state index in [1.807, 2.05) is 23.9 Å². The number of aryl methyl sites for hydroxylation is 1. The maximum atomic E-state index is 5.49. The number of anilines is 2. The Labute approximate surface area is 87.9 Å². The second kappa shape index (κ2) is 4.00. The van der Waals surface area contributed by atoms with Gasteiger partial charge in [0.25, 0.3) is 0 Å². The number of hydrogen-bond donors (Lipinski definition) is 2. The van der Waals surface area contributed by atoms with E-state index in [0.717, 1.165) is 17.9 Å². The van der Waals surface area contributed by atoms with E-state index in [1.54, 1.807) is 18.5 Å². The summed E-state index contributed by atoms with van der Waals surface area (Å²) < 4.78 is 1.83. The predicted molar refractivity (Wildman–Crippen MR) is 59.2 cm³/mol. The summed E-state index contributed by atoms with van der Waals surface area (Å²) in [5, 5.41) is 7.32. The Morgan fingerprint density at radius 3 is 2.87 bits per heavy atom. The molecule has 0 aromatic carbocycles. The third-order valence-electron chi connectivity index (χ3n) is 2.18. The zero-order valence-electron chi connectivity index (χ0n) is 8.51. The third kappa shape index (κ3) is 2.25. The molecule has 2 heterocycles. The molecular weight excluding hydrogens is 190 g/mol. The van der Waals surface area contributed by atoms with Crippen molar-refractivity contribution in [3.05, 3.63) is 36.3 Å². The summed E-state index contributed by atoms with van der Waals surface area (Å²) in [7, 11) is 1.91. The van der Waals surface area contributed by atoms with Crippen LogP contribution in [-0.4, -0.2) is 14.8 Å². The highest BCUT2D eigenvalue weighted by Gasteiger charge is 1.98. The molecule has 0 aliphatic rings. The number of nitrogens with one attached hydrogen (secondary N) is 1. The van der Waals surface area contributed by atoms with Crippen molar-refractivity contribution in [2.75, 3.05) is 11.1 Å². The van der Waals surface area contributed by atoms with Crippen molar-refractivity contribution in [2.24, 2.45) is 7.05 Å². The van der Waals surface area contributed by atoms with Gasteiger partial charge in [0.2, 0.25) is 0 Å². The number of nitrogens with two attached hydrogens (primary N) is 1. The number of rotatable bonds is 3. The highest BCUT2D eigenvalue weighted by molar-refractivity contribution is 5.45. The Morgan fingerprint density at radius 1 is 1.40 bits per heavy atom. The smallest absolute Gasteiger partial charge is 0.123 e. The molecule has 78 valence electrons. The monoisotopic (exact) mass is 203 g/mol. The van der Waals surface area contributed by atoms with Gasteiger partial charge in [-0.15, -0.1) is 0 Å². The van der Waals surface area contributed by atoms with Crippen molar-refractivity contribution in [1.29, 1.82) is 0 Å². The summed E-state index contributed by atoms with van der Waals surface area (Å²) in [4.78, 5) is 3.99. The normalized spacial score (nSPS) is 10.2. The molecule has 0 spiro atoms. The maximum absolute atomic E-state index is 5.49. The molecule has 0 saturated heterocycles.